The Morgan fingerprint density at radius 2 is 2.10 bits per heavy atom. The summed E-state index contributed by atoms with van der Waals surface area (Å²) in [7, 11) is 0. The highest BCUT2D eigenvalue weighted by atomic mass is 35.5. The zero-order chi connectivity index (χ0) is 15.2. The van der Waals surface area contributed by atoms with Gasteiger partial charge < -0.3 is 14.9 Å². The van der Waals surface area contributed by atoms with Crippen molar-refractivity contribution >= 4 is 29.1 Å². The van der Waals surface area contributed by atoms with Gasteiger partial charge in [-0.3, -0.25) is 9.59 Å². The summed E-state index contributed by atoms with van der Waals surface area (Å²) in [5.74, 6) is -0.249. The van der Waals surface area contributed by atoms with Gasteiger partial charge in [-0.05, 0) is 25.0 Å². The van der Waals surface area contributed by atoms with Crippen LogP contribution in [-0.4, -0.2) is 22.0 Å². The lowest BCUT2D eigenvalue weighted by atomic mass is 10.3. The molecule has 1 amide bonds. The molecule has 2 heterocycles. The van der Waals surface area contributed by atoms with Crippen LogP contribution in [0, 0.1) is 0 Å². The van der Waals surface area contributed by atoms with Crippen molar-refractivity contribution in [2.45, 2.75) is 19.4 Å². The zero-order valence-electron chi connectivity index (χ0n) is 11.2. The lowest BCUT2D eigenvalue weighted by molar-refractivity contribution is 0.0948. The van der Waals surface area contributed by atoms with Crippen LogP contribution in [0.15, 0.2) is 35.3 Å². The van der Waals surface area contributed by atoms with E-state index in [1.165, 1.54) is 12.1 Å². The number of carbonyl (C=O) groups excluding carboxylic acids is 1. The number of aromatic nitrogens is 2. The fourth-order valence-electron chi connectivity index (χ4n) is 1.88. The van der Waals surface area contributed by atoms with Gasteiger partial charge in [-0.2, -0.15) is 0 Å². The fourth-order valence-corrected chi connectivity index (χ4v) is 2.19. The van der Waals surface area contributed by atoms with Gasteiger partial charge in [0.2, 0.25) is 5.56 Å². The van der Waals surface area contributed by atoms with E-state index in [0.29, 0.717) is 23.8 Å². The molecule has 0 aliphatic rings. The lowest BCUT2D eigenvalue weighted by Crippen LogP contribution is -2.25. The SMILES string of the molecule is O=C(NCCCCn1ccccc1=O)c1cc(Cl)c(Cl)[nH]1. The first kappa shape index (κ1) is 15.7. The maximum atomic E-state index is 11.8. The van der Waals surface area contributed by atoms with Gasteiger partial charge in [-0.1, -0.05) is 29.3 Å². The van der Waals surface area contributed by atoms with Crippen molar-refractivity contribution in [1.82, 2.24) is 14.9 Å². The number of hydrogen-bond donors (Lipinski definition) is 2. The minimum atomic E-state index is -0.249. The molecule has 21 heavy (non-hydrogen) atoms. The molecule has 0 aromatic carbocycles. The van der Waals surface area contributed by atoms with Gasteiger partial charge in [0.1, 0.15) is 10.8 Å². The summed E-state index contributed by atoms with van der Waals surface area (Å²) in [6, 6.07) is 6.55. The van der Waals surface area contributed by atoms with E-state index in [0.717, 1.165) is 12.8 Å². The Balaban J connectivity index is 1.71. The van der Waals surface area contributed by atoms with Crippen molar-refractivity contribution in [2.75, 3.05) is 6.54 Å². The molecule has 0 fully saturated rings. The highest BCUT2D eigenvalue weighted by molar-refractivity contribution is 6.41. The summed E-state index contributed by atoms with van der Waals surface area (Å²) < 4.78 is 1.65. The number of unbranched alkanes of at least 4 members (excludes halogenated alkanes) is 1. The van der Waals surface area contributed by atoms with Gasteiger partial charge in [0.05, 0.1) is 5.02 Å². The maximum absolute atomic E-state index is 11.8. The summed E-state index contributed by atoms with van der Waals surface area (Å²) in [5.41, 5.74) is 0.321. The van der Waals surface area contributed by atoms with Crippen molar-refractivity contribution in [1.29, 1.82) is 0 Å². The molecule has 2 N–H and O–H groups in total. The third-order valence-corrected chi connectivity index (χ3v) is 3.67. The molecule has 0 aliphatic heterocycles. The normalized spacial score (nSPS) is 10.6. The van der Waals surface area contributed by atoms with Crippen LogP contribution < -0.4 is 10.9 Å². The van der Waals surface area contributed by atoms with E-state index >= 15 is 0 Å². The van der Waals surface area contributed by atoms with E-state index in [2.05, 4.69) is 10.3 Å². The van der Waals surface area contributed by atoms with Crippen LogP contribution in [0.25, 0.3) is 0 Å². The van der Waals surface area contributed by atoms with Gasteiger partial charge in [-0.15, -0.1) is 0 Å². The van der Waals surface area contributed by atoms with Crippen LogP contribution in [0.3, 0.4) is 0 Å². The molecule has 0 bridgehead atoms. The Morgan fingerprint density at radius 1 is 1.29 bits per heavy atom. The van der Waals surface area contributed by atoms with Gasteiger partial charge >= 0.3 is 0 Å². The number of aromatic amines is 1. The minimum absolute atomic E-state index is 0.0165. The van der Waals surface area contributed by atoms with Crippen LogP contribution in [0.4, 0.5) is 0 Å². The zero-order valence-corrected chi connectivity index (χ0v) is 12.7. The Hall–Kier alpha value is -1.72. The predicted octanol–water partition coefficient (Wildman–Crippen LogP) is 2.69. The largest absolute Gasteiger partial charge is 0.351 e. The van der Waals surface area contributed by atoms with Crippen LogP contribution in [0.2, 0.25) is 10.2 Å². The van der Waals surface area contributed by atoms with Gasteiger partial charge in [0, 0.05) is 25.4 Å². The summed E-state index contributed by atoms with van der Waals surface area (Å²) >= 11 is 11.5. The van der Waals surface area contributed by atoms with Crippen molar-refractivity contribution in [2.24, 2.45) is 0 Å². The fraction of sp³-hybridized carbons (Fsp3) is 0.286. The van der Waals surface area contributed by atoms with E-state index in [4.69, 9.17) is 23.2 Å². The molecule has 2 rings (SSSR count). The highest BCUT2D eigenvalue weighted by Gasteiger charge is 2.10. The third kappa shape index (κ3) is 4.37. The number of amides is 1. The van der Waals surface area contributed by atoms with E-state index in [1.54, 1.807) is 16.8 Å². The number of carbonyl (C=O) groups is 1. The first-order valence-corrected chi connectivity index (χ1v) is 7.31. The van der Waals surface area contributed by atoms with E-state index in [9.17, 15) is 9.59 Å². The van der Waals surface area contributed by atoms with Crippen molar-refractivity contribution < 1.29 is 4.79 Å². The van der Waals surface area contributed by atoms with Gasteiger partial charge in [0.25, 0.3) is 5.91 Å². The maximum Gasteiger partial charge on any atom is 0.267 e. The molecular weight excluding hydrogens is 313 g/mol. The second-order valence-corrected chi connectivity index (χ2v) is 5.33. The monoisotopic (exact) mass is 327 g/mol. The Labute approximate surface area is 131 Å². The van der Waals surface area contributed by atoms with Crippen molar-refractivity contribution in [3.63, 3.8) is 0 Å². The summed E-state index contributed by atoms with van der Waals surface area (Å²) in [5, 5.41) is 3.34. The smallest absolute Gasteiger partial charge is 0.267 e. The third-order valence-electron chi connectivity index (χ3n) is 2.98. The number of nitrogens with one attached hydrogen (secondary N) is 2. The number of hydrogen-bond acceptors (Lipinski definition) is 2. The van der Waals surface area contributed by atoms with E-state index in [-0.39, 0.29) is 16.6 Å². The second-order valence-electron chi connectivity index (χ2n) is 4.54. The predicted molar refractivity (Wildman–Crippen MR) is 83.1 cm³/mol. The standard InChI is InChI=1S/C14H15Cl2N3O2/c15-10-9-11(18-13(10)16)14(21)17-6-2-4-8-19-7-3-1-5-12(19)20/h1,3,5,7,9,18H,2,4,6,8H2,(H,17,21). The summed E-state index contributed by atoms with van der Waals surface area (Å²) in [4.78, 5) is 26.0. The molecule has 0 aliphatic carbocycles. The molecule has 0 unspecified atom stereocenters. The number of aryl methyl sites for hydroxylation is 1. The molecule has 112 valence electrons. The number of nitrogens with zero attached hydrogens (tertiary/aromatic N) is 1. The van der Waals surface area contributed by atoms with Crippen LogP contribution >= 0.6 is 23.2 Å². The molecule has 2 aromatic heterocycles. The number of halogens is 2. The Bertz CT molecular complexity index is 659. The van der Waals surface area contributed by atoms with Crippen LogP contribution in [-0.2, 0) is 6.54 Å². The van der Waals surface area contributed by atoms with Crippen molar-refractivity contribution in [3.05, 3.63) is 56.7 Å². The van der Waals surface area contributed by atoms with E-state index < -0.39 is 0 Å². The molecule has 0 saturated heterocycles. The summed E-state index contributed by atoms with van der Waals surface area (Å²) in [6.07, 6.45) is 3.33. The Kier molecular flexibility index (Phi) is 5.47. The number of pyridine rings is 1. The quantitative estimate of drug-likeness (QED) is 0.801. The minimum Gasteiger partial charge on any atom is -0.351 e. The first-order chi connectivity index (χ1) is 10.1. The highest BCUT2D eigenvalue weighted by Crippen LogP contribution is 2.21. The van der Waals surface area contributed by atoms with Gasteiger partial charge in [-0.25, -0.2) is 0 Å². The average molecular weight is 328 g/mol. The molecule has 0 saturated carbocycles. The molecule has 2 aromatic rings. The second kappa shape index (κ2) is 7.33. The Morgan fingerprint density at radius 3 is 2.76 bits per heavy atom. The molecule has 7 heteroatoms. The lowest BCUT2D eigenvalue weighted by Gasteiger charge is -2.06. The topological polar surface area (TPSA) is 66.9 Å². The average Bonchev–Trinajstić information content (AvgIpc) is 2.80. The first-order valence-electron chi connectivity index (χ1n) is 6.55. The molecule has 0 spiro atoms. The van der Waals surface area contributed by atoms with Gasteiger partial charge in [0.15, 0.2) is 0 Å². The summed E-state index contributed by atoms with van der Waals surface area (Å²) in [6.45, 7) is 1.16. The number of rotatable bonds is 6. The van der Waals surface area contributed by atoms with Crippen LogP contribution in [0.1, 0.15) is 23.3 Å². The van der Waals surface area contributed by atoms with E-state index in [1.807, 2.05) is 6.07 Å². The van der Waals surface area contributed by atoms with Crippen LogP contribution in [0.5, 0.6) is 0 Å². The molecule has 5 nitrogen and oxygen atoms in total. The number of H-pyrrole nitrogens is 1. The molecular formula is C14H15Cl2N3O2. The molecule has 0 atom stereocenters. The molecule has 0 radical (unpaired) electrons. The van der Waals surface area contributed by atoms with Crippen molar-refractivity contribution in [3.8, 4) is 0 Å².